The lowest BCUT2D eigenvalue weighted by Gasteiger charge is -2.17. The van der Waals surface area contributed by atoms with Gasteiger partial charge in [-0.2, -0.15) is 0 Å². The summed E-state index contributed by atoms with van der Waals surface area (Å²) >= 11 is 0. The van der Waals surface area contributed by atoms with Crippen LogP contribution in [-0.4, -0.2) is 37.5 Å². The minimum absolute atomic E-state index is 0.0650. The molecule has 5 heteroatoms. The predicted octanol–water partition coefficient (Wildman–Crippen LogP) is 0.0153. The third-order valence-corrected chi connectivity index (χ3v) is 2.35. The van der Waals surface area contributed by atoms with E-state index in [2.05, 4.69) is 22.9 Å². The Balaban J connectivity index is 3.85. The van der Waals surface area contributed by atoms with E-state index in [1.165, 1.54) is 0 Å². The van der Waals surface area contributed by atoms with Gasteiger partial charge in [0.15, 0.2) is 0 Å². The quantitative estimate of drug-likeness (QED) is 0.576. The van der Waals surface area contributed by atoms with Crippen LogP contribution in [0.2, 0.25) is 0 Å². The highest BCUT2D eigenvalue weighted by atomic mass is 16.2. The summed E-state index contributed by atoms with van der Waals surface area (Å²) in [6.07, 6.45) is 2.01. The average molecular weight is 229 g/mol. The Morgan fingerprint density at radius 1 is 1.25 bits per heavy atom. The van der Waals surface area contributed by atoms with Crippen LogP contribution in [0.5, 0.6) is 0 Å². The van der Waals surface area contributed by atoms with E-state index in [0.29, 0.717) is 0 Å². The second-order valence-electron chi connectivity index (χ2n) is 3.97. The summed E-state index contributed by atoms with van der Waals surface area (Å²) in [7, 11) is 1.57. The van der Waals surface area contributed by atoms with E-state index < -0.39 is 0 Å². The molecular weight excluding hydrogens is 206 g/mol. The summed E-state index contributed by atoms with van der Waals surface area (Å²) in [5, 5.41) is 8.23. The molecule has 16 heavy (non-hydrogen) atoms. The van der Waals surface area contributed by atoms with Crippen molar-refractivity contribution in [1.29, 1.82) is 0 Å². The van der Waals surface area contributed by atoms with Crippen LogP contribution in [0.1, 0.15) is 33.6 Å². The van der Waals surface area contributed by atoms with Crippen molar-refractivity contribution in [3.8, 4) is 0 Å². The van der Waals surface area contributed by atoms with Crippen molar-refractivity contribution >= 4 is 11.8 Å². The maximum absolute atomic E-state index is 11.6. The van der Waals surface area contributed by atoms with Crippen LogP contribution >= 0.6 is 0 Å². The van der Waals surface area contributed by atoms with Crippen molar-refractivity contribution in [1.82, 2.24) is 16.0 Å². The number of nitrogens with one attached hydrogen (secondary N) is 3. The van der Waals surface area contributed by atoms with E-state index in [0.717, 1.165) is 12.8 Å². The van der Waals surface area contributed by atoms with Gasteiger partial charge < -0.3 is 10.6 Å². The minimum atomic E-state index is -0.350. The van der Waals surface area contributed by atoms with Crippen molar-refractivity contribution in [2.75, 3.05) is 13.6 Å². The first kappa shape index (κ1) is 14.9. The van der Waals surface area contributed by atoms with Crippen molar-refractivity contribution in [2.45, 2.75) is 45.7 Å². The number of likely N-dealkylation sites (N-methyl/N-ethyl adjacent to an activating group) is 1. The van der Waals surface area contributed by atoms with Gasteiger partial charge in [-0.25, -0.2) is 0 Å². The molecule has 0 radical (unpaired) electrons. The van der Waals surface area contributed by atoms with Gasteiger partial charge in [-0.15, -0.1) is 0 Å². The molecule has 94 valence electrons. The molecule has 0 aliphatic heterocycles. The van der Waals surface area contributed by atoms with Crippen molar-refractivity contribution in [3.05, 3.63) is 0 Å². The molecule has 0 rings (SSSR count). The Labute approximate surface area is 97.4 Å². The smallest absolute Gasteiger partial charge is 0.237 e. The van der Waals surface area contributed by atoms with E-state index in [1.807, 2.05) is 6.92 Å². The van der Waals surface area contributed by atoms with Gasteiger partial charge in [0.25, 0.3) is 0 Å². The highest BCUT2D eigenvalue weighted by Crippen LogP contribution is 1.95. The molecule has 0 fully saturated rings. The molecule has 2 amide bonds. The predicted molar refractivity (Wildman–Crippen MR) is 64.0 cm³/mol. The first-order valence-electron chi connectivity index (χ1n) is 5.75. The Bertz CT molecular complexity index is 231. The van der Waals surface area contributed by atoms with Crippen LogP contribution < -0.4 is 16.0 Å². The monoisotopic (exact) mass is 229 g/mol. The average Bonchev–Trinajstić information content (AvgIpc) is 2.25. The van der Waals surface area contributed by atoms with Gasteiger partial charge in [0.1, 0.15) is 0 Å². The first-order chi connectivity index (χ1) is 7.51. The molecule has 0 heterocycles. The molecule has 0 aliphatic carbocycles. The molecular formula is C11H23N3O2. The number of carbonyl (C=O) groups excluding carboxylic acids is 2. The van der Waals surface area contributed by atoms with E-state index in [-0.39, 0.29) is 30.4 Å². The highest BCUT2D eigenvalue weighted by Gasteiger charge is 2.14. The Kier molecular flexibility index (Phi) is 7.54. The summed E-state index contributed by atoms with van der Waals surface area (Å²) in [4.78, 5) is 22.6. The number of amides is 2. The van der Waals surface area contributed by atoms with Gasteiger partial charge in [-0.05, 0) is 20.3 Å². The third kappa shape index (κ3) is 6.40. The number of hydrogen-bond donors (Lipinski definition) is 3. The zero-order valence-corrected chi connectivity index (χ0v) is 10.6. The van der Waals surface area contributed by atoms with Crippen molar-refractivity contribution < 1.29 is 9.59 Å². The zero-order chi connectivity index (χ0) is 12.6. The molecule has 0 bridgehead atoms. The topological polar surface area (TPSA) is 70.2 Å². The Hall–Kier alpha value is -1.10. The molecule has 2 atom stereocenters. The molecule has 0 saturated carbocycles. The lowest BCUT2D eigenvalue weighted by Crippen LogP contribution is -2.47. The van der Waals surface area contributed by atoms with E-state index in [9.17, 15) is 9.59 Å². The fraction of sp³-hybridized carbons (Fsp3) is 0.818. The molecule has 0 aliphatic rings. The number of rotatable bonds is 7. The number of carbonyl (C=O) groups is 2. The first-order valence-corrected chi connectivity index (χ1v) is 5.75. The van der Waals surface area contributed by atoms with Crippen molar-refractivity contribution in [2.24, 2.45) is 0 Å². The van der Waals surface area contributed by atoms with Crippen LogP contribution in [0.15, 0.2) is 0 Å². The van der Waals surface area contributed by atoms with Gasteiger partial charge in [0.2, 0.25) is 11.8 Å². The van der Waals surface area contributed by atoms with E-state index in [1.54, 1.807) is 14.0 Å². The summed E-state index contributed by atoms with van der Waals surface area (Å²) in [5.74, 6) is -0.189. The Morgan fingerprint density at radius 3 is 2.38 bits per heavy atom. The van der Waals surface area contributed by atoms with Crippen LogP contribution in [0.25, 0.3) is 0 Å². The molecule has 0 saturated heterocycles. The minimum Gasteiger partial charge on any atom is -0.358 e. The van der Waals surface area contributed by atoms with Gasteiger partial charge in [-0.3, -0.25) is 14.9 Å². The molecule has 5 nitrogen and oxygen atoms in total. The second-order valence-corrected chi connectivity index (χ2v) is 3.97. The standard InChI is InChI=1S/C11H23N3O2/c1-5-6-8(2)14-11(16)9(3)13-7-10(15)12-4/h8-9,13H,5-7H2,1-4H3,(H,12,15)(H,14,16). The van der Waals surface area contributed by atoms with Gasteiger partial charge >= 0.3 is 0 Å². The zero-order valence-electron chi connectivity index (χ0n) is 10.6. The fourth-order valence-electron chi connectivity index (χ4n) is 1.30. The normalized spacial score (nSPS) is 14.0. The fourth-order valence-corrected chi connectivity index (χ4v) is 1.30. The molecule has 2 unspecified atom stereocenters. The molecule has 0 aromatic rings. The summed E-state index contributed by atoms with van der Waals surface area (Å²) in [6, 6.07) is -0.168. The largest absolute Gasteiger partial charge is 0.358 e. The highest BCUT2D eigenvalue weighted by molar-refractivity contribution is 5.83. The lowest BCUT2D eigenvalue weighted by atomic mass is 10.2. The van der Waals surface area contributed by atoms with Gasteiger partial charge in [-0.1, -0.05) is 13.3 Å². The second kappa shape index (κ2) is 8.10. The van der Waals surface area contributed by atoms with Crippen LogP contribution in [0, 0.1) is 0 Å². The SMILES string of the molecule is CCCC(C)NC(=O)C(C)NCC(=O)NC. The molecule has 0 spiro atoms. The summed E-state index contributed by atoms with van der Waals surface area (Å²) < 4.78 is 0. The van der Waals surface area contributed by atoms with Gasteiger partial charge in [0.05, 0.1) is 12.6 Å². The summed E-state index contributed by atoms with van der Waals surface area (Å²) in [5.41, 5.74) is 0. The van der Waals surface area contributed by atoms with Crippen LogP contribution in [-0.2, 0) is 9.59 Å². The van der Waals surface area contributed by atoms with Crippen LogP contribution in [0.3, 0.4) is 0 Å². The molecule has 0 aromatic heterocycles. The maximum atomic E-state index is 11.6. The van der Waals surface area contributed by atoms with Crippen molar-refractivity contribution in [3.63, 3.8) is 0 Å². The lowest BCUT2D eigenvalue weighted by molar-refractivity contribution is -0.124. The molecule has 0 aromatic carbocycles. The van der Waals surface area contributed by atoms with Crippen LogP contribution in [0.4, 0.5) is 0 Å². The van der Waals surface area contributed by atoms with E-state index in [4.69, 9.17) is 0 Å². The third-order valence-electron chi connectivity index (χ3n) is 2.35. The van der Waals surface area contributed by atoms with E-state index >= 15 is 0 Å². The van der Waals surface area contributed by atoms with Gasteiger partial charge in [0, 0.05) is 13.1 Å². The summed E-state index contributed by atoms with van der Waals surface area (Å²) in [6.45, 7) is 5.97. The maximum Gasteiger partial charge on any atom is 0.237 e. The molecule has 3 N–H and O–H groups in total. The number of hydrogen-bond acceptors (Lipinski definition) is 3. The Morgan fingerprint density at radius 2 is 1.88 bits per heavy atom.